The van der Waals surface area contributed by atoms with Crippen LogP contribution in [0.15, 0.2) is 54.6 Å². The normalized spacial score (nSPS) is 14.6. The molecule has 0 unspecified atom stereocenters. The van der Waals surface area contributed by atoms with Gasteiger partial charge in [-0.15, -0.1) is 0 Å². The fourth-order valence-electron chi connectivity index (χ4n) is 3.06. The molecule has 2 aromatic rings. The molecule has 5 nitrogen and oxygen atoms in total. The molecular formula is C22H26N2O3. The van der Waals surface area contributed by atoms with Gasteiger partial charge in [-0.25, -0.2) is 0 Å². The van der Waals surface area contributed by atoms with Crippen LogP contribution in [0.5, 0.6) is 11.5 Å². The maximum atomic E-state index is 12.6. The quantitative estimate of drug-likeness (QED) is 0.740. The van der Waals surface area contributed by atoms with E-state index in [2.05, 4.69) is 10.6 Å². The summed E-state index contributed by atoms with van der Waals surface area (Å²) in [7, 11) is 0. The smallest absolute Gasteiger partial charge is 0.239 e. The van der Waals surface area contributed by atoms with Gasteiger partial charge in [0.25, 0.3) is 0 Å². The molecule has 0 aromatic heterocycles. The first-order valence-corrected chi connectivity index (χ1v) is 9.40. The van der Waals surface area contributed by atoms with Crippen LogP contribution in [0, 0.1) is 5.41 Å². The number of carbonyl (C=O) groups excluding carboxylic acids is 2. The van der Waals surface area contributed by atoms with Gasteiger partial charge in [0, 0.05) is 11.7 Å². The third-order valence-corrected chi connectivity index (χ3v) is 4.92. The van der Waals surface area contributed by atoms with Crippen LogP contribution in [0.2, 0.25) is 0 Å². The summed E-state index contributed by atoms with van der Waals surface area (Å²) >= 11 is 0. The fourth-order valence-corrected chi connectivity index (χ4v) is 3.06. The van der Waals surface area contributed by atoms with Crippen LogP contribution in [0.4, 0.5) is 5.69 Å². The summed E-state index contributed by atoms with van der Waals surface area (Å²) < 4.78 is 5.74. The number of anilines is 1. The van der Waals surface area contributed by atoms with Gasteiger partial charge in [0.2, 0.25) is 11.8 Å². The third-order valence-electron chi connectivity index (χ3n) is 4.92. The molecular weight excluding hydrogens is 340 g/mol. The van der Waals surface area contributed by atoms with E-state index in [1.54, 1.807) is 38.1 Å². The van der Waals surface area contributed by atoms with Crippen LogP contribution in [-0.4, -0.2) is 17.9 Å². The molecule has 2 aromatic carbocycles. The molecule has 1 fully saturated rings. The van der Waals surface area contributed by atoms with Gasteiger partial charge in [-0.1, -0.05) is 31.0 Å². The lowest BCUT2D eigenvalue weighted by Gasteiger charge is -2.25. The molecule has 3 rings (SSSR count). The highest BCUT2D eigenvalue weighted by atomic mass is 16.5. The van der Waals surface area contributed by atoms with E-state index in [1.165, 1.54) is 0 Å². The summed E-state index contributed by atoms with van der Waals surface area (Å²) in [6, 6.07) is 16.8. The zero-order chi connectivity index (χ0) is 19.3. The van der Waals surface area contributed by atoms with E-state index >= 15 is 0 Å². The minimum atomic E-state index is -1.14. The summed E-state index contributed by atoms with van der Waals surface area (Å²) in [6.07, 6.45) is 4.25. The highest BCUT2D eigenvalue weighted by Gasteiger charge is 2.37. The number of benzene rings is 2. The van der Waals surface area contributed by atoms with Crippen molar-refractivity contribution in [3.8, 4) is 11.5 Å². The molecule has 2 N–H and O–H groups in total. The van der Waals surface area contributed by atoms with E-state index < -0.39 is 5.41 Å². The number of carbonyl (C=O) groups is 2. The maximum absolute atomic E-state index is 12.6. The number of hydrogen-bond acceptors (Lipinski definition) is 3. The molecule has 1 aliphatic carbocycles. The Morgan fingerprint density at radius 3 is 2.11 bits per heavy atom. The minimum Gasteiger partial charge on any atom is -0.457 e. The first-order chi connectivity index (χ1) is 12.9. The second-order valence-electron chi connectivity index (χ2n) is 7.47. The Kier molecular flexibility index (Phi) is 5.79. The second-order valence-corrected chi connectivity index (χ2v) is 7.47. The zero-order valence-electron chi connectivity index (χ0n) is 15.8. The van der Waals surface area contributed by atoms with Crippen molar-refractivity contribution in [1.29, 1.82) is 0 Å². The van der Waals surface area contributed by atoms with E-state index in [1.807, 2.05) is 30.3 Å². The van der Waals surface area contributed by atoms with Crippen molar-refractivity contribution in [3.63, 3.8) is 0 Å². The Morgan fingerprint density at radius 2 is 1.48 bits per heavy atom. The fraction of sp³-hybridized carbons (Fsp3) is 0.364. The first-order valence-electron chi connectivity index (χ1n) is 9.40. The second kappa shape index (κ2) is 8.25. The number of para-hydroxylation sites is 1. The molecule has 0 saturated heterocycles. The SMILES string of the molecule is CC(C)(C(=O)Nc1ccc(Oc2ccccc2)cc1)C(=O)NC1CCCC1. The lowest BCUT2D eigenvalue weighted by Crippen LogP contribution is -2.47. The third kappa shape index (κ3) is 4.88. The summed E-state index contributed by atoms with van der Waals surface area (Å²) in [6.45, 7) is 3.30. The van der Waals surface area contributed by atoms with Gasteiger partial charge in [-0.3, -0.25) is 9.59 Å². The molecule has 0 bridgehead atoms. The Balaban J connectivity index is 1.58. The molecule has 142 valence electrons. The molecule has 0 heterocycles. The Labute approximate surface area is 160 Å². The van der Waals surface area contributed by atoms with Gasteiger partial charge in [0.1, 0.15) is 16.9 Å². The summed E-state index contributed by atoms with van der Waals surface area (Å²) in [5, 5.41) is 5.83. The Bertz CT molecular complexity index is 779. The topological polar surface area (TPSA) is 67.4 Å². The standard InChI is InChI=1S/C22H26N2O3/c1-22(2,20(25)23-16-8-6-7-9-16)21(26)24-17-12-14-19(15-13-17)27-18-10-4-3-5-11-18/h3-5,10-16H,6-9H2,1-2H3,(H,23,25)(H,24,26). The van der Waals surface area contributed by atoms with Crippen molar-refractivity contribution < 1.29 is 14.3 Å². The monoisotopic (exact) mass is 366 g/mol. The molecule has 5 heteroatoms. The number of nitrogens with one attached hydrogen (secondary N) is 2. The van der Waals surface area contributed by atoms with E-state index in [0.717, 1.165) is 31.4 Å². The van der Waals surface area contributed by atoms with Crippen LogP contribution < -0.4 is 15.4 Å². The van der Waals surface area contributed by atoms with Crippen molar-refractivity contribution >= 4 is 17.5 Å². The van der Waals surface area contributed by atoms with Crippen LogP contribution in [-0.2, 0) is 9.59 Å². The molecule has 0 aliphatic heterocycles. The number of rotatable bonds is 6. The van der Waals surface area contributed by atoms with Crippen molar-refractivity contribution in [1.82, 2.24) is 5.32 Å². The van der Waals surface area contributed by atoms with Gasteiger partial charge in [-0.2, -0.15) is 0 Å². The van der Waals surface area contributed by atoms with Crippen LogP contribution in [0.25, 0.3) is 0 Å². The molecule has 1 aliphatic rings. The van der Waals surface area contributed by atoms with Crippen molar-refractivity contribution in [2.45, 2.75) is 45.6 Å². The number of hydrogen-bond donors (Lipinski definition) is 2. The first kappa shape index (κ1) is 19.0. The van der Waals surface area contributed by atoms with Crippen LogP contribution in [0.1, 0.15) is 39.5 Å². The molecule has 1 saturated carbocycles. The van der Waals surface area contributed by atoms with Gasteiger partial charge in [0.05, 0.1) is 0 Å². The minimum absolute atomic E-state index is 0.194. The predicted molar refractivity (Wildman–Crippen MR) is 106 cm³/mol. The van der Waals surface area contributed by atoms with Crippen LogP contribution >= 0.6 is 0 Å². The Morgan fingerprint density at radius 1 is 0.889 bits per heavy atom. The van der Waals surface area contributed by atoms with E-state index in [9.17, 15) is 9.59 Å². The molecule has 27 heavy (non-hydrogen) atoms. The lowest BCUT2D eigenvalue weighted by molar-refractivity contribution is -0.138. The molecule has 0 atom stereocenters. The summed E-state index contributed by atoms with van der Waals surface area (Å²) in [5.41, 5.74) is -0.510. The maximum Gasteiger partial charge on any atom is 0.239 e. The molecule has 2 amide bonds. The zero-order valence-corrected chi connectivity index (χ0v) is 15.8. The van der Waals surface area contributed by atoms with Crippen molar-refractivity contribution in [2.75, 3.05) is 5.32 Å². The van der Waals surface area contributed by atoms with Crippen LogP contribution in [0.3, 0.4) is 0 Å². The van der Waals surface area contributed by atoms with Gasteiger partial charge in [-0.05, 0) is 63.1 Å². The number of ether oxygens (including phenoxy) is 1. The predicted octanol–water partition coefficient (Wildman–Crippen LogP) is 4.50. The largest absolute Gasteiger partial charge is 0.457 e. The highest BCUT2D eigenvalue weighted by Crippen LogP contribution is 2.25. The van der Waals surface area contributed by atoms with E-state index in [-0.39, 0.29) is 17.9 Å². The van der Waals surface area contributed by atoms with Gasteiger partial charge >= 0.3 is 0 Å². The molecule has 0 spiro atoms. The van der Waals surface area contributed by atoms with Crippen molar-refractivity contribution in [3.05, 3.63) is 54.6 Å². The average Bonchev–Trinajstić information content (AvgIpc) is 3.17. The van der Waals surface area contributed by atoms with E-state index in [0.29, 0.717) is 11.4 Å². The number of amides is 2. The van der Waals surface area contributed by atoms with E-state index in [4.69, 9.17) is 4.74 Å². The average molecular weight is 366 g/mol. The summed E-state index contributed by atoms with van der Waals surface area (Å²) in [5.74, 6) is 0.877. The lowest BCUT2D eigenvalue weighted by atomic mass is 9.90. The highest BCUT2D eigenvalue weighted by molar-refractivity contribution is 6.09. The summed E-state index contributed by atoms with van der Waals surface area (Å²) in [4.78, 5) is 25.1. The van der Waals surface area contributed by atoms with Crippen molar-refractivity contribution in [2.24, 2.45) is 5.41 Å². The Hall–Kier alpha value is -2.82. The van der Waals surface area contributed by atoms with Gasteiger partial charge < -0.3 is 15.4 Å². The van der Waals surface area contributed by atoms with Gasteiger partial charge in [0.15, 0.2) is 0 Å². The molecule has 0 radical (unpaired) electrons.